The maximum atomic E-state index is 14.4. The number of nitrogens with one attached hydrogen (secondary N) is 5. The largest absolute Gasteiger partial charge is 0.493 e. The lowest BCUT2D eigenvalue weighted by Gasteiger charge is -2.25. The van der Waals surface area contributed by atoms with Crippen molar-refractivity contribution in [2.45, 2.75) is 69.3 Å². The summed E-state index contributed by atoms with van der Waals surface area (Å²) in [5.74, 6) is -6.24. The van der Waals surface area contributed by atoms with Crippen molar-refractivity contribution in [2.75, 3.05) is 13.1 Å². The number of nitrogens with zero attached hydrogens (tertiary/aromatic N) is 1. The molecule has 0 fully saturated rings. The summed E-state index contributed by atoms with van der Waals surface area (Å²) in [5.41, 5.74) is 18.9. The Labute approximate surface area is 349 Å². The van der Waals surface area contributed by atoms with Crippen LogP contribution in [0.15, 0.2) is 97.1 Å². The zero-order valence-electron chi connectivity index (χ0n) is 33.0. The number of ether oxygens (including phenoxy) is 1. The second kappa shape index (κ2) is 22.3. The second-order valence-electron chi connectivity index (χ2n) is 14.0. The third-order valence-corrected chi connectivity index (χ3v) is 9.41. The minimum atomic E-state index is -5.43. The molecule has 11 N–H and O–H groups in total. The number of carbonyl (C=O) groups is 5. The third kappa shape index (κ3) is 14.9. The first kappa shape index (κ1) is 46.5. The molecule has 0 aliphatic carbocycles. The molecule has 0 radical (unpaired) electrons. The Hall–Kier alpha value is -7.18. The van der Waals surface area contributed by atoms with Crippen LogP contribution in [-0.2, 0) is 41.8 Å². The molecule has 0 unspecified atom stereocenters. The number of unbranched alkanes of at least 4 members (excludes halogenated alkanes) is 1. The molecule has 0 aromatic heterocycles. The van der Waals surface area contributed by atoms with Crippen LogP contribution in [0.5, 0.6) is 0 Å². The van der Waals surface area contributed by atoms with Gasteiger partial charge in [-0.2, -0.15) is 13.2 Å². The SMILES string of the molecule is N=C(N)NCCC[C@H](NC(=O)[C@H](CCCCN(OC(=O)C(F)(F)F)C(=O)OCc1ccccc1)NC(=O)[C@@H](Cc1ccc(C(=N)N)cc1)c1ccc2ccccc2c1)C(N)=O. The summed E-state index contributed by atoms with van der Waals surface area (Å²) < 4.78 is 44.6. The molecule has 0 aliphatic heterocycles. The van der Waals surface area contributed by atoms with Gasteiger partial charge in [-0.3, -0.25) is 25.2 Å². The number of hydroxylamine groups is 2. The standard InChI is InChI=1S/C42H48F3N9O7/c43-42(44,45)39(58)61-54(41(59)60-25-27-9-2-1-3-10-27)22-7-6-13-34(38(57)52-33(36(48)55)14-8-21-51-40(49)50)53-37(56)32(23-26-15-17-29(18-16-26)35(46)47)31-20-19-28-11-4-5-12-30(28)24-31/h1-5,9-12,15-20,24,32-34H,6-8,13-14,21-23,25H2,(H3,46,47)(H2,48,55)(H,52,57)(H,53,56)(H4,49,50,51)/t32-,33-,34-/m0/s1. The molecule has 0 bridgehead atoms. The topological polar surface area (TPSA) is 269 Å². The van der Waals surface area contributed by atoms with Crippen molar-refractivity contribution in [3.8, 4) is 0 Å². The number of nitrogens with two attached hydrogens (primary N) is 3. The van der Waals surface area contributed by atoms with E-state index in [2.05, 4.69) is 20.8 Å². The second-order valence-corrected chi connectivity index (χ2v) is 14.0. The maximum Gasteiger partial charge on any atom is 0.493 e. The normalized spacial score (nSPS) is 12.6. The highest BCUT2D eigenvalue weighted by molar-refractivity contribution is 5.95. The minimum Gasteiger partial charge on any atom is -0.442 e. The summed E-state index contributed by atoms with van der Waals surface area (Å²) in [4.78, 5) is 69.7. The molecular formula is C42H48F3N9O7. The molecular weight excluding hydrogens is 800 g/mol. The van der Waals surface area contributed by atoms with Crippen molar-refractivity contribution in [3.63, 3.8) is 0 Å². The quantitative estimate of drug-likeness (QED) is 0.0274. The predicted molar refractivity (Wildman–Crippen MR) is 219 cm³/mol. The Kier molecular flexibility index (Phi) is 17.0. The van der Waals surface area contributed by atoms with Crippen LogP contribution in [0.4, 0.5) is 18.0 Å². The fourth-order valence-electron chi connectivity index (χ4n) is 6.19. The smallest absolute Gasteiger partial charge is 0.442 e. The molecule has 3 atom stereocenters. The summed E-state index contributed by atoms with van der Waals surface area (Å²) in [5, 5.41) is 24.9. The van der Waals surface area contributed by atoms with Crippen molar-refractivity contribution in [2.24, 2.45) is 17.2 Å². The van der Waals surface area contributed by atoms with E-state index in [0.717, 1.165) is 10.8 Å². The molecule has 0 saturated carbocycles. The number of alkyl halides is 3. The molecule has 0 heterocycles. The van der Waals surface area contributed by atoms with E-state index in [1.807, 2.05) is 36.4 Å². The molecule has 0 saturated heterocycles. The summed E-state index contributed by atoms with van der Waals surface area (Å²) in [7, 11) is 0. The molecule has 61 heavy (non-hydrogen) atoms. The van der Waals surface area contributed by atoms with Gasteiger partial charge in [-0.1, -0.05) is 97.1 Å². The summed E-state index contributed by atoms with van der Waals surface area (Å²) in [6.45, 7) is -0.723. The number of benzene rings is 4. The molecule has 0 spiro atoms. The van der Waals surface area contributed by atoms with E-state index in [1.165, 1.54) is 0 Å². The van der Waals surface area contributed by atoms with Crippen LogP contribution < -0.4 is 33.2 Å². The molecule has 4 amide bonds. The number of fused-ring (bicyclic) bond motifs is 1. The lowest BCUT2D eigenvalue weighted by Crippen LogP contribution is -2.53. The van der Waals surface area contributed by atoms with Gasteiger partial charge in [-0.05, 0) is 66.0 Å². The third-order valence-electron chi connectivity index (χ3n) is 9.41. The minimum absolute atomic E-state index is 0.0265. The van der Waals surface area contributed by atoms with Crippen molar-refractivity contribution in [1.82, 2.24) is 21.0 Å². The molecule has 4 rings (SSSR count). The Morgan fingerprint density at radius 1 is 0.721 bits per heavy atom. The van der Waals surface area contributed by atoms with E-state index < -0.39 is 60.5 Å². The molecule has 16 nitrogen and oxygen atoms in total. The number of amidine groups is 1. The average molecular weight is 848 g/mol. The first-order chi connectivity index (χ1) is 29.0. The number of guanidine groups is 1. The zero-order chi connectivity index (χ0) is 44.5. The fourth-order valence-corrected chi connectivity index (χ4v) is 6.19. The monoisotopic (exact) mass is 847 g/mol. The number of hydrogen-bond acceptors (Lipinski definition) is 9. The Bertz CT molecular complexity index is 2170. The molecule has 4 aromatic carbocycles. The number of primary amides is 1. The van der Waals surface area contributed by atoms with Gasteiger partial charge in [0.05, 0.1) is 12.5 Å². The lowest BCUT2D eigenvalue weighted by molar-refractivity contribution is -0.231. The van der Waals surface area contributed by atoms with Crippen molar-refractivity contribution >= 4 is 52.4 Å². The average Bonchev–Trinajstić information content (AvgIpc) is 3.23. The number of hydrogen-bond donors (Lipinski definition) is 8. The van der Waals surface area contributed by atoms with E-state index in [9.17, 15) is 37.1 Å². The van der Waals surface area contributed by atoms with Gasteiger partial charge in [0.15, 0.2) is 5.96 Å². The summed E-state index contributed by atoms with van der Waals surface area (Å²) >= 11 is 0. The highest BCUT2D eigenvalue weighted by Gasteiger charge is 2.43. The highest BCUT2D eigenvalue weighted by Crippen LogP contribution is 2.27. The van der Waals surface area contributed by atoms with Crippen LogP contribution in [0.1, 0.15) is 60.3 Å². The van der Waals surface area contributed by atoms with Crippen LogP contribution in [0.2, 0.25) is 0 Å². The van der Waals surface area contributed by atoms with Crippen molar-refractivity contribution < 1.29 is 46.7 Å². The number of carbonyl (C=O) groups excluding carboxylic acids is 5. The fraction of sp³-hybridized carbons (Fsp3) is 0.310. The van der Waals surface area contributed by atoms with E-state index in [0.29, 0.717) is 22.3 Å². The Morgan fingerprint density at radius 2 is 1.36 bits per heavy atom. The van der Waals surface area contributed by atoms with Gasteiger partial charge in [-0.15, -0.1) is 5.06 Å². The summed E-state index contributed by atoms with van der Waals surface area (Å²) in [6, 6.07) is 25.5. The first-order valence-electron chi connectivity index (χ1n) is 19.2. The van der Waals surface area contributed by atoms with Crippen LogP contribution in [0.3, 0.4) is 0 Å². The number of halogens is 3. The van der Waals surface area contributed by atoms with E-state index >= 15 is 0 Å². The van der Waals surface area contributed by atoms with Crippen LogP contribution in [0, 0.1) is 10.8 Å². The van der Waals surface area contributed by atoms with Gasteiger partial charge in [0.25, 0.3) is 0 Å². The molecule has 324 valence electrons. The van der Waals surface area contributed by atoms with Gasteiger partial charge < -0.3 is 42.7 Å². The molecule has 4 aromatic rings. The van der Waals surface area contributed by atoms with E-state index in [4.69, 9.17) is 32.8 Å². The van der Waals surface area contributed by atoms with Crippen LogP contribution in [0.25, 0.3) is 10.8 Å². The predicted octanol–water partition coefficient (Wildman–Crippen LogP) is 4.00. The number of amides is 4. The Morgan fingerprint density at radius 3 is 2.00 bits per heavy atom. The Balaban J connectivity index is 1.58. The van der Waals surface area contributed by atoms with Gasteiger partial charge in [0.1, 0.15) is 24.5 Å². The maximum absolute atomic E-state index is 14.4. The van der Waals surface area contributed by atoms with Crippen molar-refractivity contribution in [1.29, 1.82) is 10.8 Å². The highest BCUT2D eigenvalue weighted by atomic mass is 19.4. The molecule has 19 heteroatoms. The lowest BCUT2D eigenvalue weighted by atomic mass is 9.89. The van der Waals surface area contributed by atoms with Gasteiger partial charge in [0, 0.05) is 12.1 Å². The number of nitrogen functional groups attached to an aromatic ring is 1. The van der Waals surface area contributed by atoms with E-state index in [-0.39, 0.29) is 68.5 Å². The van der Waals surface area contributed by atoms with Crippen LogP contribution >= 0.6 is 0 Å². The van der Waals surface area contributed by atoms with E-state index in [1.54, 1.807) is 60.7 Å². The van der Waals surface area contributed by atoms with Crippen LogP contribution in [-0.4, -0.2) is 78.0 Å². The van der Waals surface area contributed by atoms with Gasteiger partial charge in [-0.25, -0.2) is 9.59 Å². The van der Waals surface area contributed by atoms with Gasteiger partial charge >= 0.3 is 18.2 Å². The number of rotatable bonds is 20. The first-order valence-corrected chi connectivity index (χ1v) is 19.2. The molecule has 0 aliphatic rings. The zero-order valence-corrected chi connectivity index (χ0v) is 33.0. The summed E-state index contributed by atoms with van der Waals surface area (Å²) in [6.07, 6.45) is -6.67. The van der Waals surface area contributed by atoms with Gasteiger partial charge in [0.2, 0.25) is 17.7 Å². The van der Waals surface area contributed by atoms with Crippen molar-refractivity contribution in [3.05, 3.63) is 119 Å².